The summed E-state index contributed by atoms with van der Waals surface area (Å²) in [6.45, 7) is 4.24. The number of ether oxygens (including phenoxy) is 1. The van der Waals surface area contributed by atoms with Crippen LogP contribution in [0.15, 0.2) is 0 Å². The quantitative estimate of drug-likeness (QED) is 0.627. The molecule has 1 aliphatic heterocycles. The normalized spacial score (nSPS) is 42.5. The lowest BCUT2D eigenvalue weighted by atomic mass is 9.60. The molecule has 0 aromatic heterocycles. The highest BCUT2D eigenvalue weighted by atomic mass is 16.6. The molecule has 2 fully saturated rings. The zero-order valence-electron chi connectivity index (χ0n) is 8.51. The lowest BCUT2D eigenvalue weighted by molar-refractivity contribution is -0.149. The van der Waals surface area contributed by atoms with Gasteiger partial charge in [-0.05, 0) is 26.2 Å². The first kappa shape index (κ1) is 9.04. The molecular weight excluding hydrogens is 164 g/mol. The van der Waals surface area contributed by atoms with Gasteiger partial charge in [-0.2, -0.15) is 0 Å². The van der Waals surface area contributed by atoms with Gasteiger partial charge in [0.15, 0.2) is 0 Å². The zero-order chi connectivity index (χ0) is 9.47. The molecule has 13 heavy (non-hydrogen) atoms. The Morgan fingerprint density at radius 3 is 2.85 bits per heavy atom. The van der Waals surface area contributed by atoms with E-state index in [4.69, 9.17) is 4.74 Å². The van der Waals surface area contributed by atoms with Crippen LogP contribution >= 0.6 is 0 Å². The van der Waals surface area contributed by atoms with Gasteiger partial charge in [0.25, 0.3) is 0 Å². The van der Waals surface area contributed by atoms with Crippen molar-refractivity contribution in [3.05, 3.63) is 0 Å². The fourth-order valence-corrected chi connectivity index (χ4v) is 2.61. The van der Waals surface area contributed by atoms with E-state index in [1.54, 1.807) is 0 Å². The smallest absolute Gasteiger partial charge is 0.312 e. The number of unbranched alkanes of at least 4 members (excludes halogenated alkanes) is 1. The van der Waals surface area contributed by atoms with Crippen LogP contribution < -0.4 is 0 Å². The summed E-state index contributed by atoms with van der Waals surface area (Å²) >= 11 is 0. The van der Waals surface area contributed by atoms with E-state index in [1.807, 2.05) is 0 Å². The van der Waals surface area contributed by atoms with Crippen LogP contribution in [0, 0.1) is 11.3 Å². The Morgan fingerprint density at radius 2 is 2.38 bits per heavy atom. The van der Waals surface area contributed by atoms with Gasteiger partial charge in [-0.25, -0.2) is 0 Å². The Morgan fingerprint density at radius 1 is 1.62 bits per heavy atom. The van der Waals surface area contributed by atoms with E-state index in [1.165, 1.54) is 19.3 Å². The van der Waals surface area contributed by atoms with Crippen LogP contribution in [0.1, 0.15) is 46.0 Å². The van der Waals surface area contributed by atoms with Crippen molar-refractivity contribution in [2.24, 2.45) is 11.3 Å². The molecular formula is C11H18O2. The third kappa shape index (κ3) is 1.18. The Labute approximate surface area is 79.7 Å². The molecule has 1 saturated heterocycles. The van der Waals surface area contributed by atoms with Crippen molar-refractivity contribution in [3.8, 4) is 0 Å². The summed E-state index contributed by atoms with van der Waals surface area (Å²) in [4.78, 5) is 11.5. The molecule has 0 aromatic carbocycles. The van der Waals surface area contributed by atoms with Gasteiger partial charge in [-0.15, -0.1) is 0 Å². The van der Waals surface area contributed by atoms with Crippen LogP contribution in [0.5, 0.6) is 0 Å². The summed E-state index contributed by atoms with van der Waals surface area (Å²) in [6.07, 6.45) is 5.92. The zero-order valence-corrected chi connectivity index (χ0v) is 8.51. The first-order valence-electron chi connectivity index (χ1n) is 5.39. The molecule has 3 unspecified atom stereocenters. The molecule has 74 valence electrons. The maximum absolute atomic E-state index is 11.5. The van der Waals surface area contributed by atoms with Crippen molar-refractivity contribution in [1.29, 1.82) is 0 Å². The predicted octanol–water partition coefficient (Wildman–Crippen LogP) is 2.52. The molecule has 0 spiro atoms. The number of hydrogen-bond acceptors (Lipinski definition) is 2. The monoisotopic (exact) mass is 182 g/mol. The molecule has 0 radical (unpaired) electrons. The summed E-state index contributed by atoms with van der Waals surface area (Å²) in [5, 5.41) is 0. The van der Waals surface area contributed by atoms with E-state index in [2.05, 4.69) is 13.8 Å². The third-order valence-electron chi connectivity index (χ3n) is 3.81. The average molecular weight is 182 g/mol. The lowest BCUT2D eigenvalue weighted by Crippen LogP contribution is -2.40. The SMILES string of the molecule is CCCCC1OC(=O)C2(C)CCC12. The number of carbonyl (C=O) groups is 1. The van der Waals surface area contributed by atoms with E-state index >= 15 is 0 Å². The highest BCUT2D eigenvalue weighted by molar-refractivity contribution is 5.80. The van der Waals surface area contributed by atoms with Crippen LogP contribution in [0.25, 0.3) is 0 Å². The van der Waals surface area contributed by atoms with E-state index in [0.29, 0.717) is 5.92 Å². The van der Waals surface area contributed by atoms with Crippen LogP contribution in [-0.2, 0) is 9.53 Å². The maximum Gasteiger partial charge on any atom is 0.312 e. The topological polar surface area (TPSA) is 26.3 Å². The minimum atomic E-state index is -0.0988. The molecule has 0 amide bonds. The van der Waals surface area contributed by atoms with E-state index in [0.717, 1.165) is 12.8 Å². The second-order valence-corrected chi connectivity index (χ2v) is 4.65. The summed E-state index contributed by atoms with van der Waals surface area (Å²) in [7, 11) is 0. The van der Waals surface area contributed by atoms with Crippen molar-refractivity contribution in [1.82, 2.24) is 0 Å². The molecule has 3 atom stereocenters. The third-order valence-corrected chi connectivity index (χ3v) is 3.81. The molecule has 2 heteroatoms. The van der Waals surface area contributed by atoms with Gasteiger partial charge in [0.1, 0.15) is 6.10 Å². The van der Waals surface area contributed by atoms with Gasteiger partial charge >= 0.3 is 5.97 Å². The second-order valence-electron chi connectivity index (χ2n) is 4.65. The number of hydrogen-bond donors (Lipinski definition) is 0. The number of fused-ring (bicyclic) bond motifs is 1. The number of carbonyl (C=O) groups excluding carboxylic acids is 1. The van der Waals surface area contributed by atoms with Crippen molar-refractivity contribution in [3.63, 3.8) is 0 Å². The molecule has 0 aromatic rings. The average Bonchev–Trinajstić information content (AvgIpc) is 2.24. The lowest BCUT2D eigenvalue weighted by Gasteiger charge is -2.38. The predicted molar refractivity (Wildman–Crippen MR) is 50.2 cm³/mol. The number of esters is 1. The largest absolute Gasteiger partial charge is 0.462 e. The van der Waals surface area contributed by atoms with Gasteiger partial charge in [-0.1, -0.05) is 19.8 Å². The van der Waals surface area contributed by atoms with Crippen LogP contribution in [0.4, 0.5) is 0 Å². The van der Waals surface area contributed by atoms with E-state index < -0.39 is 0 Å². The number of rotatable bonds is 3. The van der Waals surface area contributed by atoms with Crippen LogP contribution in [0.3, 0.4) is 0 Å². The second kappa shape index (κ2) is 3.00. The number of cyclic esters (lactones) is 1. The summed E-state index contributed by atoms with van der Waals surface area (Å²) in [5.74, 6) is 0.594. The van der Waals surface area contributed by atoms with Crippen molar-refractivity contribution >= 4 is 5.97 Å². The molecule has 2 nitrogen and oxygen atoms in total. The molecule has 2 rings (SSSR count). The minimum absolute atomic E-state index is 0.0600. The highest BCUT2D eigenvalue weighted by Gasteiger charge is 2.59. The van der Waals surface area contributed by atoms with E-state index in [9.17, 15) is 4.79 Å². The summed E-state index contributed by atoms with van der Waals surface area (Å²) < 4.78 is 5.41. The van der Waals surface area contributed by atoms with Crippen molar-refractivity contribution in [2.75, 3.05) is 0 Å². The van der Waals surface area contributed by atoms with Crippen LogP contribution in [-0.4, -0.2) is 12.1 Å². The Hall–Kier alpha value is -0.530. The summed E-state index contributed by atoms with van der Waals surface area (Å²) in [6, 6.07) is 0. The first-order chi connectivity index (χ1) is 6.18. The van der Waals surface area contributed by atoms with Crippen molar-refractivity contribution < 1.29 is 9.53 Å². The standard InChI is InChI=1S/C11H18O2/c1-3-4-5-9-8-6-7-11(8,2)10(12)13-9/h8-9H,3-7H2,1-2H3. The highest BCUT2D eigenvalue weighted by Crippen LogP contribution is 2.55. The van der Waals surface area contributed by atoms with Gasteiger partial charge in [0, 0.05) is 5.92 Å². The van der Waals surface area contributed by atoms with Gasteiger partial charge in [0.2, 0.25) is 0 Å². The molecule has 0 N–H and O–H groups in total. The first-order valence-corrected chi connectivity index (χ1v) is 5.39. The van der Waals surface area contributed by atoms with Gasteiger partial charge in [0.05, 0.1) is 5.41 Å². The molecule has 2 aliphatic rings. The Balaban J connectivity index is 1.98. The van der Waals surface area contributed by atoms with Gasteiger partial charge in [-0.3, -0.25) is 4.79 Å². The molecule has 1 heterocycles. The Bertz CT molecular complexity index is 224. The van der Waals surface area contributed by atoms with Crippen molar-refractivity contribution in [2.45, 2.75) is 52.1 Å². The fourth-order valence-electron chi connectivity index (χ4n) is 2.61. The maximum atomic E-state index is 11.5. The van der Waals surface area contributed by atoms with E-state index in [-0.39, 0.29) is 17.5 Å². The minimum Gasteiger partial charge on any atom is -0.462 e. The van der Waals surface area contributed by atoms with Crippen LogP contribution in [0.2, 0.25) is 0 Å². The fraction of sp³-hybridized carbons (Fsp3) is 0.909. The molecule has 1 aliphatic carbocycles. The molecule has 0 bridgehead atoms. The Kier molecular flexibility index (Phi) is 2.09. The molecule has 1 saturated carbocycles. The van der Waals surface area contributed by atoms with Gasteiger partial charge < -0.3 is 4.74 Å². The summed E-state index contributed by atoms with van der Waals surface area (Å²) in [5.41, 5.74) is -0.0988.